The zero-order valence-corrected chi connectivity index (χ0v) is 16.0. The third-order valence-electron chi connectivity index (χ3n) is 4.12. The lowest BCUT2D eigenvalue weighted by Crippen LogP contribution is -2.49. The molecule has 142 valence electrons. The first-order chi connectivity index (χ1) is 12.1. The van der Waals surface area contributed by atoms with Crippen LogP contribution in [0.4, 0.5) is 4.79 Å². The van der Waals surface area contributed by atoms with E-state index < -0.39 is 29.7 Å². The Labute approximate surface area is 154 Å². The van der Waals surface area contributed by atoms with Crippen LogP contribution in [-0.4, -0.2) is 48.0 Å². The smallest absolute Gasteiger partial charge is 0.408 e. The Bertz CT molecular complexity index is 696. The van der Waals surface area contributed by atoms with Crippen LogP contribution < -0.4 is 10.6 Å². The second-order valence-corrected chi connectivity index (χ2v) is 7.52. The summed E-state index contributed by atoms with van der Waals surface area (Å²) in [5, 5.41) is 5.26. The van der Waals surface area contributed by atoms with Crippen molar-refractivity contribution in [1.82, 2.24) is 15.5 Å². The van der Waals surface area contributed by atoms with E-state index in [4.69, 9.17) is 4.74 Å². The number of nitrogens with one attached hydrogen (secondary N) is 2. The van der Waals surface area contributed by atoms with Crippen molar-refractivity contribution < 1.29 is 19.1 Å². The lowest BCUT2D eigenvalue weighted by molar-refractivity contribution is -0.135. The molecular formula is C19H27N3O4. The summed E-state index contributed by atoms with van der Waals surface area (Å²) >= 11 is 0. The molecule has 0 radical (unpaired) electrons. The van der Waals surface area contributed by atoms with E-state index in [0.717, 1.165) is 17.5 Å². The molecule has 3 amide bonds. The molecule has 7 nitrogen and oxygen atoms in total. The maximum absolute atomic E-state index is 12.7. The van der Waals surface area contributed by atoms with E-state index in [1.165, 1.54) is 0 Å². The number of amides is 3. The second kappa shape index (κ2) is 7.76. The van der Waals surface area contributed by atoms with Crippen LogP contribution in [0, 0.1) is 0 Å². The number of ether oxygens (including phenoxy) is 1. The van der Waals surface area contributed by atoms with Gasteiger partial charge in [0, 0.05) is 13.6 Å². The molecule has 0 fully saturated rings. The molecule has 1 aliphatic heterocycles. The number of fused-ring (bicyclic) bond motifs is 1. The number of hydrogen-bond donors (Lipinski definition) is 2. The van der Waals surface area contributed by atoms with Gasteiger partial charge in [-0.05, 0) is 45.2 Å². The quantitative estimate of drug-likeness (QED) is 0.859. The number of nitrogens with zero attached hydrogens (tertiary/aromatic N) is 1. The highest BCUT2D eigenvalue weighted by atomic mass is 16.6. The van der Waals surface area contributed by atoms with Gasteiger partial charge in [0.1, 0.15) is 17.7 Å². The highest BCUT2D eigenvalue weighted by Gasteiger charge is 2.32. The number of hydrogen-bond acceptors (Lipinski definition) is 4. The predicted molar refractivity (Wildman–Crippen MR) is 97.5 cm³/mol. The maximum atomic E-state index is 12.7. The molecule has 2 unspecified atom stereocenters. The van der Waals surface area contributed by atoms with Crippen LogP contribution in [0.5, 0.6) is 0 Å². The first kappa shape index (κ1) is 19.8. The SMILES string of the molecule is CC(NC(=O)OC(C)(C)C)C(=O)NC1C(=O)N(C)CCc2ccccc21. The topological polar surface area (TPSA) is 87.7 Å². The first-order valence-electron chi connectivity index (χ1n) is 8.71. The highest BCUT2D eigenvalue weighted by Crippen LogP contribution is 2.24. The van der Waals surface area contributed by atoms with Crippen LogP contribution in [-0.2, 0) is 20.7 Å². The minimum Gasteiger partial charge on any atom is -0.444 e. The average Bonchev–Trinajstić information content (AvgIpc) is 2.65. The maximum Gasteiger partial charge on any atom is 0.408 e. The van der Waals surface area contributed by atoms with Crippen LogP contribution >= 0.6 is 0 Å². The van der Waals surface area contributed by atoms with Crippen molar-refractivity contribution in [3.8, 4) is 0 Å². The molecule has 1 heterocycles. The fourth-order valence-electron chi connectivity index (χ4n) is 2.75. The summed E-state index contributed by atoms with van der Waals surface area (Å²) < 4.78 is 5.16. The third kappa shape index (κ3) is 4.97. The van der Waals surface area contributed by atoms with Gasteiger partial charge in [0.2, 0.25) is 11.8 Å². The Hall–Kier alpha value is -2.57. The van der Waals surface area contributed by atoms with E-state index in [-0.39, 0.29) is 5.91 Å². The molecule has 0 spiro atoms. The van der Waals surface area contributed by atoms with Crippen LogP contribution in [0.25, 0.3) is 0 Å². The number of alkyl carbamates (subject to hydrolysis) is 1. The van der Waals surface area contributed by atoms with E-state index in [1.54, 1.807) is 39.6 Å². The average molecular weight is 361 g/mol. The van der Waals surface area contributed by atoms with Crippen molar-refractivity contribution in [2.75, 3.05) is 13.6 Å². The fraction of sp³-hybridized carbons (Fsp3) is 0.526. The summed E-state index contributed by atoms with van der Waals surface area (Å²) in [4.78, 5) is 38.7. The Morgan fingerprint density at radius 2 is 1.92 bits per heavy atom. The molecule has 2 rings (SSSR count). The molecule has 26 heavy (non-hydrogen) atoms. The molecule has 0 bridgehead atoms. The van der Waals surface area contributed by atoms with E-state index in [0.29, 0.717) is 6.54 Å². The molecule has 7 heteroatoms. The minimum absolute atomic E-state index is 0.173. The van der Waals surface area contributed by atoms with Crippen molar-refractivity contribution in [1.29, 1.82) is 0 Å². The standard InChI is InChI=1S/C19H27N3O4/c1-12(20-18(25)26-19(2,3)4)16(23)21-15-14-9-7-6-8-13(14)10-11-22(5)17(15)24/h6-9,12,15H,10-11H2,1-5H3,(H,20,25)(H,21,23). The number of rotatable bonds is 3. The van der Waals surface area contributed by atoms with Crippen LogP contribution in [0.2, 0.25) is 0 Å². The van der Waals surface area contributed by atoms with Gasteiger partial charge in [-0.3, -0.25) is 9.59 Å². The molecule has 0 aliphatic carbocycles. The number of benzene rings is 1. The van der Waals surface area contributed by atoms with Crippen LogP contribution in [0.1, 0.15) is 44.9 Å². The number of carbonyl (C=O) groups excluding carboxylic acids is 3. The zero-order chi connectivity index (χ0) is 19.5. The molecule has 1 aromatic rings. The fourth-order valence-corrected chi connectivity index (χ4v) is 2.75. The van der Waals surface area contributed by atoms with Crippen LogP contribution in [0.3, 0.4) is 0 Å². The van der Waals surface area contributed by atoms with Crippen molar-refractivity contribution in [3.63, 3.8) is 0 Å². The van der Waals surface area contributed by atoms with Crippen molar-refractivity contribution in [2.45, 2.75) is 51.8 Å². The summed E-state index contributed by atoms with van der Waals surface area (Å²) in [5.41, 5.74) is 1.17. The monoisotopic (exact) mass is 361 g/mol. The third-order valence-corrected chi connectivity index (χ3v) is 4.12. The summed E-state index contributed by atoms with van der Waals surface area (Å²) in [6.07, 6.45) is 0.0566. The van der Waals surface area contributed by atoms with E-state index in [1.807, 2.05) is 24.3 Å². The van der Waals surface area contributed by atoms with E-state index >= 15 is 0 Å². The summed E-state index contributed by atoms with van der Waals surface area (Å²) in [6.45, 7) is 7.38. The minimum atomic E-state index is -0.835. The largest absolute Gasteiger partial charge is 0.444 e. The van der Waals surface area contributed by atoms with Gasteiger partial charge in [0.05, 0.1) is 0 Å². The second-order valence-electron chi connectivity index (χ2n) is 7.52. The molecule has 1 aromatic carbocycles. The Kier molecular flexibility index (Phi) is 5.90. The Morgan fingerprint density at radius 3 is 2.58 bits per heavy atom. The van der Waals surface area contributed by atoms with Gasteiger partial charge in [-0.15, -0.1) is 0 Å². The van der Waals surface area contributed by atoms with Gasteiger partial charge < -0.3 is 20.3 Å². The van der Waals surface area contributed by atoms with E-state index in [9.17, 15) is 14.4 Å². The molecule has 2 N–H and O–H groups in total. The molecular weight excluding hydrogens is 334 g/mol. The van der Waals surface area contributed by atoms with Crippen molar-refractivity contribution in [2.24, 2.45) is 0 Å². The molecule has 0 saturated heterocycles. The molecule has 2 atom stereocenters. The Morgan fingerprint density at radius 1 is 1.27 bits per heavy atom. The zero-order valence-electron chi connectivity index (χ0n) is 16.0. The van der Waals surface area contributed by atoms with Gasteiger partial charge in [-0.2, -0.15) is 0 Å². The molecule has 0 aromatic heterocycles. The highest BCUT2D eigenvalue weighted by molar-refractivity contribution is 5.92. The summed E-state index contributed by atoms with van der Waals surface area (Å²) in [6, 6.07) is 5.97. The normalized spacial score (nSPS) is 18.4. The summed E-state index contributed by atoms with van der Waals surface area (Å²) in [7, 11) is 1.72. The van der Waals surface area contributed by atoms with Gasteiger partial charge in [-0.25, -0.2) is 4.79 Å². The van der Waals surface area contributed by atoms with Gasteiger partial charge >= 0.3 is 6.09 Å². The summed E-state index contributed by atoms with van der Waals surface area (Å²) in [5.74, 6) is -0.618. The molecule has 0 saturated carbocycles. The number of carbonyl (C=O) groups is 3. The predicted octanol–water partition coefficient (Wildman–Crippen LogP) is 1.77. The van der Waals surface area contributed by atoms with Crippen molar-refractivity contribution >= 4 is 17.9 Å². The first-order valence-corrected chi connectivity index (χ1v) is 8.71. The van der Waals surface area contributed by atoms with Gasteiger partial charge in [-0.1, -0.05) is 24.3 Å². The van der Waals surface area contributed by atoms with Gasteiger partial charge in [0.25, 0.3) is 0 Å². The lowest BCUT2D eigenvalue weighted by Gasteiger charge is -2.25. The van der Waals surface area contributed by atoms with Gasteiger partial charge in [0.15, 0.2) is 0 Å². The van der Waals surface area contributed by atoms with Crippen molar-refractivity contribution in [3.05, 3.63) is 35.4 Å². The number of likely N-dealkylation sites (N-methyl/N-ethyl adjacent to an activating group) is 1. The lowest BCUT2D eigenvalue weighted by atomic mass is 9.99. The molecule has 1 aliphatic rings. The Balaban J connectivity index is 2.11. The van der Waals surface area contributed by atoms with Crippen LogP contribution in [0.15, 0.2) is 24.3 Å². The van der Waals surface area contributed by atoms with E-state index in [2.05, 4.69) is 10.6 Å².